The molecule has 1 atom stereocenters. The number of carbonyl (C=O) groups excluding carboxylic acids is 2. The summed E-state index contributed by atoms with van der Waals surface area (Å²) in [4.78, 5) is 22.9. The molecule has 0 amide bonds. The Balaban J connectivity index is 2.89. The topological polar surface area (TPSA) is 86.7 Å². The number of aromatic hydroxyl groups is 1. The minimum atomic E-state index is -1.28. The fraction of sp³-hybridized carbons (Fsp3) is 0.467. The summed E-state index contributed by atoms with van der Waals surface area (Å²) in [6.45, 7) is 1.99. The number of phenols is 1. The highest BCUT2D eigenvalue weighted by Gasteiger charge is 2.24. The molecule has 0 bridgehead atoms. The van der Waals surface area contributed by atoms with Crippen molar-refractivity contribution in [1.29, 1.82) is 0 Å². The predicted octanol–water partition coefficient (Wildman–Crippen LogP) is 0.0722. The maximum atomic E-state index is 12.1. The van der Waals surface area contributed by atoms with Gasteiger partial charge in [-0.15, -0.1) is 0 Å². The van der Waals surface area contributed by atoms with E-state index in [9.17, 15) is 19.8 Å². The fourth-order valence-electron chi connectivity index (χ4n) is 1.98. The number of carboxylic acid groups (broad SMARTS) is 1. The molecule has 21 heavy (non-hydrogen) atoms. The zero-order valence-corrected chi connectivity index (χ0v) is 12.8. The molecule has 0 fully saturated rings. The SMILES string of the molecule is Cc1cccc(C(=O)OC(CC(=O)[O-])C[N+](C)(C)C)c1O. The lowest BCUT2D eigenvalue weighted by molar-refractivity contribution is -0.873. The minimum absolute atomic E-state index is 0.0276. The molecule has 1 unspecified atom stereocenters. The number of quaternary nitrogens is 1. The van der Waals surface area contributed by atoms with Gasteiger partial charge in [-0.25, -0.2) is 4.79 Å². The highest BCUT2D eigenvalue weighted by Crippen LogP contribution is 2.23. The first-order valence-corrected chi connectivity index (χ1v) is 6.60. The molecule has 0 heterocycles. The Kier molecular flexibility index (Phi) is 5.32. The van der Waals surface area contributed by atoms with Crippen LogP contribution in [0.2, 0.25) is 0 Å². The van der Waals surface area contributed by atoms with E-state index in [2.05, 4.69) is 0 Å². The molecule has 1 rings (SSSR count). The molecule has 0 radical (unpaired) electrons. The van der Waals surface area contributed by atoms with Gasteiger partial charge in [0.25, 0.3) is 0 Å². The minimum Gasteiger partial charge on any atom is -0.550 e. The van der Waals surface area contributed by atoms with Gasteiger partial charge in [-0.05, 0) is 18.6 Å². The number of para-hydroxylation sites is 1. The molecule has 116 valence electrons. The smallest absolute Gasteiger partial charge is 0.342 e. The Bertz CT molecular complexity index is 533. The van der Waals surface area contributed by atoms with E-state index in [0.29, 0.717) is 16.6 Å². The van der Waals surface area contributed by atoms with Crippen molar-refractivity contribution in [2.24, 2.45) is 0 Å². The third-order valence-corrected chi connectivity index (χ3v) is 2.88. The third kappa shape index (κ3) is 5.43. The lowest BCUT2D eigenvalue weighted by Gasteiger charge is -2.29. The molecule has 1 N–H and O–H groups in total. The van der Waals surface area contributed by atoms with Crippen molar-refractivity contribution in [2.75, 3.05) is 27.7 Å². The average molecular weight is 295 g/mol. The van der Waals surface area contributed by atoms with Gasteiger partial charge in [0.2, 0.25) is 0 Å². The second kappa shape index (κ2) is 6.58. The largest absolute Gasteiger partial charge is 0.550 e. The van der Waals surface area contributed by atoms with Crippen LogP contribution in [-0.4, -0.2) is 55.3 Å². The second-order valence-corrected chi connectivity index (χ2v) is 6.05. The molecule has 6 nitrogen and oxygen atoms in total. The monoisotopic (exact) mass is 295 g/mol. The fourth-order valence-corrected chi connectivity index (χ4v) is 1.98. The number of benzene rings is 1. The van der Waals surface area contributed by atoms with E-state index >= 15 is 0 Å². The van der Waals surface area contributed by atoms with Crippen molar-refractivity contribution in [2.45, 2.75) is 19.4 Å². The van der Waals surface area contributed by atoms with Gasteiger partial charge in [0.15, 0.2) is 6.10 Å². The summed E-state index contributed by atoms with van der Waals surface area (Å²) in [5.74, 6) is -2.18. The van der Waals surface area contributed by atoms with Gasteiger partial charge in [-0.3, -0.25) is 0 Å². The number of ether oxygens (including phenoxy) is 1. The van der Waals surface area contributed by atoms with Crippen LogP contribution in [0.15, 0.2) is 18.2 Å². The van der Waals surface area contributed by atoms with Crippen LogP contribution >= 0.6 is 0 Å². The average Bonchev–Trinajstić information content (AvgIpc) is 2.29. The first kappa shape index (κ1) is 17.0. The highest BCUT2D eigenvalue weighted by molar-refractivity contribution is 5.93. The van der Waals surface area contributed by atoms with Crippen molar-refractivity contribution >= 4 is 11.9 Å². The number of nitrogens with zero attached hydrogens (tertiary/aromatic N) is 1. The van der Waals surface area contributed by atoms with Gasteiger partial charge < -0.3 is 24.2 Å². The molecule has 1 aromatic carbocycles. The molecular weight excluding hydrogens is 274 g/mol. The first-order valence-electron chi connectivity index (χ1n) is 6.60. The first-order chi connectivity index (χ1) is 9.60. The summed E-state index contributed by atoms with van der Waals surface area (Å²) in [5, 5.41) is 20.6. The molecule has 0 aliphatic rings. The van der Waals surface area contributed by atoms with Crippen LogP contribution in [0, 0.1) is 6.92 Å². The van der Waals surface area contributed by atoms with Crippen LogP contribution in [0.3, 0.4) is 0 Å². The number of hydrogen-bond donors (Lipinski definition) is 1. The lowest BCUT2D eigenvalue weighted by atomic mass is 10.1. The van der Waals surface area contributed by atoms with E-state index in [4.69, 9.17) is 4.74 Å². The number of carboxylic acids is 1. The predicted molar refractivity (Wildman–Crippen MR) is 74.6 cm³/mol. The van der Waals surface area contributed by atoms with Gasteiger partial charge >= 0.3 is 5.97 Å². The number of rotatable bonds is 6. The van der Waals surface area contributed by atoms with E-state index in [1.165, 1.54) is 6.07 Å². The summed E-state index contributed by atoms with van der Waals surface area (Å²) >= 11 is 0. The standard InChI is InChI=1S/C15H21NO5/c1-10-6-5-7-12(14(10)19)15(20)21-11(8-13(17)18)9-16(2,3)4/h5-7,11H,8-9H2,1-4H3,(H-,17,18,19,20). The van der Waals surface area contributed by atoms with Crippen LogP contribution in [0.5, 0.6) is 5.75 Å². The van der Waals surface area contributed by atoms with E-state index < -0.39 is 18.0 Å². The van der Waals surface area contributed by atoms with E-state index in [0.717, 1.165) is 0 Å². The number of phenolic OH excluding ortho intramolecular Hbond substituents is 1. The molecule has 0 aliphatic carbocycles. The number of aliphatic carboxylic acids is 1. The number of esters is 1. The molecule has 0 saturated carbocycles. The summed E-state index contributed by atoms with van der Waals surface area (Å²) in [5.41, 5.74) is 0.576. The van der Waals surface area contributed by atoms with Gasteiger partial charge in [-0.2, -0.15) is 0 Å². The van der Waals surface area contributed by atoms with E-state index in [-0.39, 0.29) is 17.7 Å². The Morgan fingerprint density at radius 1 is 1.33 bits per heavy atom. The highest BCUT2D eigenvalue weighted by atomic mass is 16.5. The Hall–Kier alpha value is -2.08. The number of likely N-dealkylation sites (N-methyl/N-ethyl adjacent to an activating group) is 1. The summed E-state index contributed by atoms with van der Waals surface area (Å²) in [7, 11) is 5.58. The Labute approximate surface area is 124 Å². The summed E-state index contributed by atoms with van der Waals surface area (Å²) in [6, 6.07) is 4.72. The van der Waals surface area contributed by atoms with E-state index in [1.54, 1.807) is 19.1 Å². The number of hydrogen-bond acceptors (Lipinski definition) is 5. The maximum Gasteiger partial charge on any atom is 0.342 e. The Morgan fingerprint density at radius 3 is 2.48 bits per heavy atom. The van der Waals surface area contributed by atoms with Crippen LogP contribution in [-0.2, 0) is 9.53 Å². The van der Waals surface area contributed by atoms with Crippen LogP contribution in [0.25, 0.3) is 0 Å². The van der Waals surface area contributed by atoms with Crippen LogP contribution in [0.1, 0.15) is 22.3 Å². The number of aryl methyl sites for hydroxylation is 1. The van der Waals surface area contributed by atoms with Gasteiger partial charge in [0, 0.05) is 12.4 Å². The molecule has 6 heteroatoms. The quantitative estimate of drug-likeness (QED) is 0.593. The molecule has 0 saturated heterocycles. The van der Waals surface area contributed by atoms with Crippen molar-refractivity contribution < 1.29 is 29.0 Å². The van der Waals surface area contributed by atoms with Crippen LogP contribution in [0.4, 0.5) is 0 Å². The molecule has 0 aliphatic heterocycles. The van der Waals surface area contributed by atoms with Crippen molar-refractivity contribution in [3.8, 4) is 5.75 Å². The molecule has 0 aromatic heterocycles. The molecule has 1 aromatic rings. The zero-order chi connectivity index (χ0) is 16.2. The Morgan fingerprint density at radius 2 is 1.95 bits per heavy atom. The van der Waals surface area contributed by atoms with Crippen molar-refractivity contribution in [1.82, 2.24) is 0 Å². The number of carbonyl (C=O) groups is 2. The lowest BCUT2D eigenvalue weighted by Crippen LogP contribution is -2.45. The third-order valence-electron chi connectivity index (χ3n) is 2.88. The zero-order valence-electron chi connectivity index (χ0n) is 12.8. The summed E-state index contributed by atoms with van der Waals surface area (Å²) < 4.78 is 5.66. The van der Waals surface area contributed by atoms with Crippen molar-refractivity contribution in [3.05, 3.63) is 29.3 Å². The molecule has 0 spiro atoms. The van der Waals surface area contributed by atoms with Gasteiger partial charge in [0.1, 0.15) is 17.9 Å². The normalized spacial score (nSPS) is 12.8. The summed E-state index contributed by atoms with van der Waals surface area (Å²) in [6.07, 6.45) is -1.20. The van der Waals surface area contributed by atoms with Crippen molar-refractivity contribution in [3.63, 3.8) is 0 Å². The second-order valence-electron chi connectivity index (χ2n) is 6.05. The van der Waals surface area contributed by atoms with E-state index in [1.807, 2.05) is 21.1 Å². The van der Waals surface area contributed by atoms with Crippen LogP contribution < -0.4 is 5.11 Å². The molecular formula is C15H21NO5. The van der Waals surface area contributed by atoms with Gasteiger partial charge in [-0.1, -0.05) is 12.1 Å². The van der Waals surface area contributed by atoms with Gasteiger partial charge in [0.05, 0.1) is 21.1 Å². The maximum absolute atomic E-state index is 12.1.